The molecule has 212 valence electrons. The summed E-state index contributed by atoms with van der Waals surface area (Å²) in [4.78, 5) is 47.3. The number of halogens is 1. The van der Waals surface area contributed by atoms with Crippen LogP contribution < -0.4 is 15.4 Å². The van der Waals surface area contributed by atoms with Gasteiger partial charge in [-0.1, -0.05) is 62.6 Å². The van der Waals surface area contributed by atoms with Gasteiger partial charge in [0.15, 0.2) is 11.6 Å². The van der Waals surface area contributed by atoms with Gasteiger partial charge in [-0.15, -0.1) is 0 Å². The average Bonchev–Trinajstić information content (AvgIpc) is 2.99. The van der Waals surface area contributed by atoms with Crippen LogP contribution in [0.25, 0.3) is 11.3 Å². The second-order valence-electron chi connectivity index (χ2n) is 9.14. The molecule has 0 unspecified atom stereocenters. The van der Waals surface area contributed by atoms with Crippen molar-refractivity contribution in [1.29, 1.82) is 0 Å². The summed E-state index contributed by atoms with van der Waals surface area (Å²) < 4.78 is 18.8. The maximum Gasteiger partial charge on any atom is 0.271 e. The van der Waals surface area contributed by atoms with Crippen LogP contribution in [0.15, 0.2) is 66.7 Å². The second kappa shape index (κ2) is 15.9. The fourth-order valence-electron chi connectivity index (χ4n) is 4.01. The van der Waals surface area contributed by atoms with Crippen LogP contribution in [0, 0.1) is 11.7 Å². The Labute approximate surface area is 233 Å². The van der Waals surface area contributed by atoms with Crippen molar-refractivity contribution in [3.63, 3.8) is 0 Å². The molecule has 0 fully saturated rings. The highest BCUT2D eigenvalue weighted by atomic mass is 19.1. The SMILES string of the molecule is CCCCC[C@H](CN(C=O)OCc1ccccc1)C(=O)NCNC(=O)c1cccc(-c2ccc(F)c(OC)c2)n1. The minimum atomic E-state index is -0.515. The molecule has 3 aromatic rings. The second-order valence-corrected chi connectivity index (χ2v) is 9.14. The van der Waals surface area contributed by atoms with Crippen molar-refractivity contribution in [2.45, 2.75) is 39.2 Å². The van der Waals surface area contributed by atoms with E-state index in [4.69, 9.17) is 9.57 Å². The van der Waals surface area contributed by atoms with Gasteiger partial charge in [0, 0.05) is 5.56 Å². The molecule has 10 heteroatoms. The fraction of sp³-hybridized carbons (Fsp3) is 0.333. The predicted octanol–water partition coefficient (Wildman–Crippen LogP) is 4.49. The number of nitrogens with one attached hydrogen (secondary N) is 2. The molecule has 0 aliphatic heterocycles. The van der Waals surface area contributed by atoms with E-state index in [9.17, 15) is 18.8 Å². The van der Waals surface area contributed by atoms with Crippen molar-refractivity contribution in [1.82, 2.24) is 20.7 Å². The summed E-state index contributed by atoms with van der Waals surface area (Å²) in [6.45, 7) is 2.24. The minimum Gasteiger partial charge on any atom is -0.494 e. The first-order valence-corrected chi connectivity index (χ1v) is 13.2. The number of pyridine rings is 1. The van der Waals surface area contributed by atoms with Crippen LogP contribution in [-0.4, -0.2) is 48.6 Å². The molecule has 0 aliphatic carbocycles. The predicted molar refractivity (Wildman–Crippen MR) is 148 cm³/mol. The van der Waals surface area contributed by atoms with Crippen LogP contribution in [-0.2, 0) is 21.0 Å². The Bertz CT molecular complexity index is 1260. The van der Waals surface area contributed by atoms with Crippen molar-refractivity contribution in [2.75, 3.05) is 20.3 Å². The van der Waals surface area contributed by atoms with Gasteiger partial charge in [0.2, 0.25) is 12.3 Å². The summed E-state index contributed by atoms with van der Waals surface area (Å²) in [6.07, 6.45) is 3.90. The average molecular weight is 551 g/mol. The molecule has 0 saturated heterocycles. The molecule has 2 N–H and O–H groups in total. The van der Waals surface area contributed by atoms with Crippen molar-refractivity contribution in [3.05, 3.63) is 83.8 Å². The third kappa shape index (κ3) is 9.16. The molecule has 1 aromatic heterocycles. The molecule has 0 saturated carbocycles. The summed E-state index contributed by atoms with van der Waals surface area (Å²) in [7, 11) is 1.37. The van der Waals surface area contributed by atoms with Gasteiger partial charge in [0.05, 0.1) is 31.9 Å². The number of rotatable bonds is 16. The number of hydrogen-bond acceptors (Lipinski definition) is 6. The topological polar surface area (TPSA) is 110 Å². The van der Waals surface area contributed by atoms with Crippen LogP contribution in [0.1, 0.15) is 48.7 Å². The van der Waals surface area contributed by atoms with Gasteiger partial charge >= 0.3 is 0 Å². The van der Waals surface area contributed by atoms with Crippen molar-refractivity contribution in [3.8, 4) is 17.0 Å². The Kier molecular flexibility index (Phi) is 12.1. The zero-order valence-corrected chi connectivity index (χ0v) is 22.8. The highest BCUT2D eigenvalue weighted by molar-refractivity contribution is 5.93. The van der Waals surface area contributed by atoms with Gasteiger partial charge in [0.1, 0.15) is 12.3 Å². The summed E-state index contributed by atoms with van der Waals surface area (Å²) in [5, 5.41) is 6.51. The van der Waals surface area contributed by atoms with Crippen LogP contribution in [0.2, 0.25) is 0 Å². The lowest BCUT2D eigenvalue weighted by molar-refractivity contribution is -0.182. The number of carbonyl (C=O) groups excluding carboxylic acids is 3. The summed E-state index contributed by atoms with van der Waals surface area (Å²) in [5.41, 5.74) is 2.09. The number of nitrogens with zero attached hydrogens (tertiary/aromatic N) is 2. The molecule has 40 heavy (non-hydrogen) atoms. The number of amides is 3. The number of hydrogen-bond donors (Lipinski definition) is 2. The van der Waals surface area contributed by atoms with Crippen molar-refractivity contribution in [2.24, 2.45) is 5.92 Å². The molecule has 3 amide bonds. The summed E-state index contributed by atoms with van der Waals surface area (Å²) in [6, 6.07) is 18.7. The van der Waals surface area contributed by atoms with Gasteiger partial charge in [-0.05, 0) is 42.3 Å². The first-order chi connectivity index (χ1) is 19.4. The smallest absolute Gasteiger partial charge is 0.271 e. The highest BCUT2D eigenvalue weighted by Gasteiger charge is 2.22. The van der Waals surface area contributed by atoms with Crippen LogP contribution >= 0.6 is 0 Å². The van der Waals surface area contributed by atoms with Crippen LogP contribution in [0.3, 0.4) is 0 Å². The number of hydroxylamine groups is 2. The van der Waals surface area contributed by atoms with Crippen LogP contribution in [0.5, 0.6) is 5.75 Å². The minimum absolute atomic E-state index is 0.0731. The standard InChI is InChI=1S/C30H35FN4O5/c1-3-4-6-12-24(18-35(21-36)40-19-22-10-7-5-8-11-22)29(37)32-20-33-30(38)27-14-9-13-26(34-27)23-15-16-25(31)28(17-23)39-2/h5,7-11,13-17,21,24H,3-4,6,12,18-20H2,1-2H3,(H,32,37)(H,33,38)/t24-/m1/s1. The Hall–Kier alpha value is -4.31. The molecule has 0 radical (unpaired) electrons. The van der Waals surface area contributed by atoms with Crippen LogP contribution in [0.4, 0.5) is 4.39 Å². The van der Waals surface area contributed by atoms with E-state index in [1.165, 1.54) is 19.2 Å². The van der Waals surface area contributed by atoms with E-state index in [0.717, 1.165) is 29.9 Å². The molecule has 1 atom stereocenters. The van der Waals surface area contributed by atoms with E-state index in [0.29, 0.717) is 24.1 Å². The van der Waals surface area contributed by atoms with Gasteiger partial charge < -0.3 is 15.4 Å². The normalized spacial score (nSPS) is 11.4. The Morgan fingerprint density at radius 3 is 2.58 bits per heavy atom. The third-order valence-corrected chi connectivity index (χ3v) is 6.22. The molecule has 0 bridgehead atoms. The number of ether oxygens (including phenoxy) is 1. The molecular weight excluding hydrogens is 515 g/mol. The maximum atomic E-state index is 13.8. The zero-order valence-electron chi connectivity index (χ0n) is 22.8. The maximum absolute atomic E-state index is 13.8. The number of carbonyl (C=O) groups is 3. The number of unbranched alkanes of at least 4 members (excludes halogenated alkanes) is 2. The summed E-state index contributed by atoms with van der Waals surface area (Å²) in [5.74, 6) is -1.72. The first-order valence-electron chi connectivity index (χ1n) is 13.2. The summed E-state index contributed by atoms with van der Waals surface area (Å²) >= 11 is 0. The molecule has 9 nitrogen and oxygen atoms in total. The van der Waals surface area contributed by atoms with E-state index in [-0.39, 0.29) is 37.2 Å². The largest absolute Gasteiger partial charge is 0.494 e. The van der Waals surface area contributed by atoms with Crippen molar-refractivity contribution >= 4 is 18.2 Å². The fourth-order valence-corrected chi connectivity index (χ4v) is 4.01. The van der Waals surface area contributed by atoms with E-state index in [1.807, 2.05) is 30.3 Å². The Morgan fingerprint density at radius 1 is 1.05 bits per heavy atom. The van der Waals surface area contributed by atoms with E-state index < -0.39 is 17.6 Å². The third-order valence-electron chi connectivity index (χ3n) is 6.22. The lowest BCUT2D eigenvalue weighted by atomic mass is 10.0. The van der Waals surface area contributed by atoms with E-state index >= 15 is 0 Å². The van der Waals surface area contributed by atoms with Crippen molar-refractivity contribution < 1.29 is 28.3 Å². The number of methoxy groups -OCH3 is 1. The van der Waals surface area contributed by atoms with E-state index in [2.05, 4.69) is 22.5 Å². The van der Waals surface area contributed by atoms with Gasteiger partial charge in [-0.3, -0.25) is 19.2 Å². The lowest BCUT2D eigenvalue weighted by Gasteiger charge is -2.23. The highest BCUT2D eigenvalue weighted by Crippen LogP contribution is 2.25. The molecule has 2 aromatic carbocycles. The number of aromatic nitrogens is 1. The molecule has 3 rings (SSSR count). The van der Waals surface area contributed by atoms with Gasteiger partial charge in [-0.25, -0.2) is 14.4 Å². The Balaban J connectivity index is 1.57. The van der Waals surface area contributed by atoms with Gasteiger partial charge in [0.25, 0.3) is 5.91 Å². The lowest BCUT2D eigenvalue weighted by Crippen LogP contribution is -2.43. The van der Waals surface area contributed by atoms with E-state index in [1.54, 1.807) is 24.3 Å². The Morgan fingerprint density at radius 2 is 1.85 bits per heavy atom. The molecule has 0 aliphatic rings. The quantitative estimate of drug-likeness (QED) is 0.118. The monoisotopic (exact) mass is 550 g/mol. The van der Waals surface area contributed by atoms with Gasteiger partial charge in [-0.2, -0.15) is 0 Å². The molecule has 1 heterocycles. The molecular formula is C30H35FN4O5. The molecule has 0 spiro atoms. The number of benzene rings is 2. The zero-order chi connectivity index (χ0) is 28.7. The first kappa shape index (κ1) is 30.2.